The normalized spacial score (nSPS) is 11.9. The summed E-state index contributed by atoms with van der Waals surface area (Å²) < 4.78 is 12.8. The van der Waals surface area contributed by atoms with E-state index in [0.29, 0.717) is 0 Å². The van der Waals surface area contributed by atoms with Crippen LogP contribution in [0.15, 0.2) is 54.6 Å². The summed E-state index contributed by atoms with van der Waals surface area (Å²) in [5, 5.41) is 3.01. The number of amides is 1. The summed E-state index contributed by atoms with van der Waals surface area (Å²) >= 11 is 0. The van der Waals surface area contributed by atoms with Crippen molar-refractivity contribution < 1.29 is 9.18 Å². The Morgan fingerprint density at radius 2 is 1.75 bits per heavy atom. The molecular formula is C17H18FNO. The molecule has 2 nitrogen and oxygen atoms in total. The average Bonchev–Trinajstić information content (AvgIpc) is 2.48. The number of benzene rings is 2. The maximum Gasteiger partial charge on any atom is 0.224 e. The second-order valence-corrected chi connectivity index (χ2v) is 4.74. The van der Waals surface area contributed by atoms with E-state index in [9.17, 15) is 9.18 Å². The van der Waals surface area contributed by atoms with Crippen molar-refractivity contribution in [3.05, 3.63) is 71.5 Å². The second-order valence-electron chi connectivity index (χ2n) is 4.74. The van der Waals surface area contributed by atoms with Gasteiger partial charge < -0.3 is 5.32 Å². The van der Waals surface area contributed by atoms with Gasteiger partial charge in [-0.1, -0.05) is 49.4 Å². The van der Waals surface area contributed by atoms with Gasteiger partial charge in [0, 0.05) is 0 Å². The fourth-order valence-corrected chi connectivity index (χ4v) is 2.14. The van der Waals surface area contributed by atoms with Gasteiger partial charge in [-0.2, -0.15) is 0 Å². The first-order chi connectivity index (χ1) is 9.69. The van der Waals surface area contributed by atoms with Gasteiger partial charge in [0.25, 0.3) is 0 Å². The van der Waals surface area contributed by atoms with Gasteiger partial charge in [-0.3, -0.25) is 4.79 Å². The number of hydrogen-bond donors (Lipinski definition) is 1. The number of nitrogens with one attached hydrogen (secondary N) is 1. The zero-order valence-corrected chi connectivity index (χ0v) is 11.5. The lowest BCUT2D eigenvalue weighted by Gasteiger charge is -2.17. The van der Waals surface area contributed by atoms with E-state index in [1.807, 2.05) is 37.3 Å². The third-order valence-electron chi connectivity index (χ3n) is 3.22. The van der Waals surface area contributed by atoms with Crippen LogP contribution in [0, 0.1) is 5.82 Å². The first-order valence-corrected chi connectivity index (χ1v) is 6.77. The highest BCUT2D eigenvalue weighted by atomic mass is 19.1. The molecule has 3 heteroatoms. The zero-order valence-electron chi connectivity index (χ0n) is 11.5. The lowest BCUT2D eigenvalue weighted by Crippen LogP contribution is -2.29. The Bertz CT molecular complexity index is 551. The third kappa shape index (κ3) is 3.92. The van der Waals surface area contributed by atoms with E-state index < -0.39 is 0 Å². The SMILES string of the molecule is CCC(NC(=O)Cc1ccc(F)cc1)c1ccccc1. The molecule has 0 bridgehead atoms. The van der Waals surface area contributed by atoms with Crippen LogP contribution < -0.4 is 5.32 Å². The van der Waals surface area contributed by atoms with Gasteiger partial charge in [-0.15, -0.1) is 0 Å². The summed E-state index contributed by atoms with van der Waals surface area (Å²) in [5.41, 5.74) is 1.91. The van der Waals surface area contributed by atoms with E-state index in [4.69, 9.17) is 0 Å². The van der Waals surface area contributed by atoms with Crippen molar-refractivity contribution in [1.82, 2.24) is 5.32 Å². The summed E-state index contributed by atoms with van der Waals surface area (Å²) in [6.45, 7) is 2.04. The Hall–Kier alpha value is -2.16. The minimum atomic E-state index is -0.287. The highest BCUT2D eigenvalue weighted by Crippen LogP contribution is 2.16. The van der Waals surface area contributed by atoms with Crippen molar-refractivity contribution in [1.29, 1.82) is 0 Å². The van der Waals surface area contributed by atoms with E-state index in [0.717, 1.165) is 17.5 Å². The number of rotatable bonds is 5. The molecule has 0 saturated carbocycles. The molecular weight excluding hydrogens is 253 g/mol. The molecule has 1 amide bonds. The van der Waals surface area contributed by atoms with Crippen LogP contribution in [0.5, 0.6) is 0 Å². The summed E-state index contributed by atoms with van der Waals surface area (Å²) in [4.78, 5) is 12.0. The van der Waals surface area contributed by atoms with E-state index in [2.05, 4.69) is 5.32 Å². The van der Waals surface area contributed by atoms with Gasteiger partial charge in [0.05, 0.1) is 12.5 Å². The van der Waals surface area contributed by atoms with Crippen molar-refractivity contribution >= 4 is 5.91 Å². The first kappa shape index (κ1) is 14.3. The quantitative estimate of drug-likeness (QED) is 0.884. The van der Waals surface area contributed by atoms with Crippen LogP contribution in [0.25, 0.3) is 0 Å². The Balaban J connectivity index is 1.97. The van der Waals surface area contributed by atoms with E-state index in [1.54, 1.807) is 12.1 Å². The molecule has 0 aliphatic heterocycles. The van der Waals surface area contributed by atoms with Crippen molar-refractivity contribution in [3.63, 3.8) is 0 Å². The predicted octanol–water partition coefficient (Wildman–Crippen LogP) is 3.64. The summed E-state index contributed by atoms with van der Waals surface area (Å²) in [7, 11) is 0. The Kier molecular flexibility index (Phi) is 4.88. The fraction of sp³-hybridized carbons (Fsp3) is 0.235. The summed E-state index contributed by atoms with van der Waals surface area (Å²) in [6, 6.07) is 15.9. The van der Waals surface area contributed by atoms with Crippen LogP contribution in [-0.2, 0) is 11.2 Å². The molecule has 0 fully saturated rings. The van der Waals surface area contributed by atoms with Gasteiger partial charge in [0.1, 0.15) is 5.82 Å². The van der Waals surface area contributed by atoms with Crippen molar-refractivity contribution in [2.45, 2.75) is 25.8 Å². The Morgan fingerprint density at radius 1 is 1.10 bits per heavy atom. The predicted molar refractivity (Wildman–Crippen MR) is 77.7 cm³/mol. The molecule has 1 unspecified atom stereocenters. The van der Waals surface area contributed by atoms with Crippen molar-refractivity contribution in [2.75, 3.05) is 0 Å². The molecule has 0 aliphatic carbocycles. The molecule has 2 aromatic carbocycles. The molecule has 104 valence electrons. The lowest BCUT2D eigenvalue weighted by atomic mass is 10.0. The third-order valence-corrected chi connectivity index (χ3v) is 3.22. The van der Waals surface area contributed by atoms with Crippen LogP contribution in [0.3, 0.4) is 0 Å². The standard InChI is InChI=1S/C17H18FNO/c1-2-16(14-6-4-3-5-7-14)19-17(20)12-13-8-10-15(18)11-9-13/h3-11,16H,2,12H2,1H3,(H,19,20). The molecule has 0 saturated heterocycles. The molecule has 0 aliphatic rings. The van der Waals surface area contributed by atoms with Gasteiger partial charge in [0.2, 0.25) is 5.91 Å². The monoisotopic (exact) mass is 271 g/mol. The highest BCUT2D eigenvalue weighted by Gasteiger charge is 2.12. The largest absolute Gasteiger partial charge is 0.349 e. The minimum absolute atomic E-state index is 0.0177. The number of carbonyl (C=O) groups excluding carboxylic acids is 1. The molecule has 0 spiro atoms. The van der Waals surface area contributed by atoms with Crippen LogP contribution in [0.1, 0.15) is 30.5 Å². The second kappa shape index (κ2) is 6.85. The van der Waals surface area contributed by atoms with Gasteiger partial charge in [-0.25, -0.2) is 4.39 Å². The topological polar surface area (TPSA) is 29.1 Å². The molecule has 2 aromatic rings. The molecule has 0 aromatic heterocycles. The average molecular weight is 271 g/mol. The van der Waals surface area contributed by atoms with Crippen LogP contribution in [0.4, 0.5) is 4.39 Å². The van der Waals surface area contributed by atoms with E-state index in [-0.39, 0.29) is 24.2 Å². The molecule has 2 rings (SSSR count). The highest BCUT2D eigenvalue weighted by molar-refractivity contribution is 5.79. The summed E-state index contributed by atoms with van der Waals surface area (Å²) in [6.07, 6.45) is 1.10. The van der Waals surface area contributed by atoms with Crippen molar-refractivity contribution in [3.8, 4) is 0 Å². The van der Waals surface area contributed by atoms with Gasteiger partial charge >= 0.3 is 0 Å². The minimum Gasteiger partial charge on any atom is -0.349 e. The number of carbonyl (C=O) groups is 1. The van der Waals surface area contributed by atoms with Crippen LogP contribution in [-0.4, -0.2) is 5.91 Å². The Morgan fingerprint density at radius 3 is 2.35 bits per heavy atom. The van der Waals surface area contributed by atoms with Crippen molar-refractivity contribution in [2.24, 2.45) is 0 Å². The fourth-order valence-electron chi connectivity index (χ4n) is 2.14. The van der Waals surface area contributed by atoms with Crippen LogP contribution >= 0.6 is 0 Å². The lowest BCUT2D eigenvalue weighted by molar-refractivity contribution is -0.121. The smallest absolute Gasteiger partial charge is 0.224 e. The number of halogens is 1. The molecule has 0 heterocycles. The summed E-state index contributed by atoms with van der Waals surface area (Å²) in [5.74, 6) is -0.336. The Labute approximate surface area is 118 Å². The maximum absolute atomic E-state index is 12.8. The number of hydrogen-bond acceptors (Lipinski definition) is 1. The molecule has 0 radical (unpaired) electrons. The maximum atomic E-state index is 12.8. The van der Waals surface area contributed by atoms with Crippen LogP contribution in [0.2, 0.25) is 0 Å². The molecule has 1 atom stereocenters. The van der Waals surface area contributed by atoms with E-state index in [1.165, 1.54) is 12.1 Å². The van der Waals surface area contributed by atoms with Gasteiger partial charge in [-0.05, 0) is 29.7 Å². The zero-order chi connectivity index (χ0) is 14.4. The van der Waals surface area contributed by atoms with Gasteiger partial charge in [0.15, 0.2) is 0 Å². The molecule has 1 N–H and O–H groups in total. The van der Waals surface area contributed by atoms with E-state index >= 15 is 0 Å². The molecule has 20 heavy (non-hydrogen) atoms. The first-order valence-electron chi connectivity index (χ1n) is 6.77.